The summed E-state index contributed by atoms with van der Waals surface area (Å²) in [7, 11) is -2.80. The van der Waals surface area contributed by atoms with Crippen LogP contribution < -0.4 is 4.18 Å². The fraction of sp³-hybridized carbons (Fsp3) is 0.133. The summed E-state index contributed by atoms with van der Waals surface area (Å²) in [5, 5.41) is -0.156. The largest absolute Gasteiger partial charge is 0.465 e. The number of hydrogen-bond acceptors (Lipinski definition) is 5. The number of halogens is 2. The highest BCUT2D eigenvalue weighted by molar-refractivity contribution is 7.86. The Morgan fingerprint density at radius 3 is 2.61 bits per heavy atom. The number of rotatable bonds is 5. The number of carbonyl (C=O) groups excluding carboxylic acids is 1. The fourth-order valence-electron chi connectivity index (χ4n) is 1.82. The Labute approximate surface area is 137 Å². The van der Waals surface area contributed by atoms with Gasteiger partial charge in [-0.25, -0.2) is 9.18 Å². The Balaban J connectivity index is 2.19. The highest BCUT2D eigenvalue weighted by Gasteiger charge is 2.17. The van der Waals surface area contributed by atoms with Crippen molar-refractivity contribution in [3.05, 3.63) is 64.4 Å². The van der Waals surface area contributed by atoms with Gasteiger partial charge in [0.05, 0.1) is 17.7 Å². The summed E-state index contributed by atoms with van der Waals surface area (Å²) < 4.78 is 46.5. The quantitative estimate of drug-likeness (QED) is 0.606. The van der Waals surface area contributed by atoms with E-state index in [1.807, 2.05) is 0 Å². The summed E-state index contributed by atoms with van der Waals surface area (Å²) in [6, 6.07) is 9.05. The van der Waals surface area contributed by atoms with Crippen LogP contribution in [-0.2, 0) is 20.6 Å². The van der Waals surface area contributed by atoms with Gasteiger partial charge in [-0.3, -0.25) is 0 Å². The van der Waals surface area contributed by atoms with Crippen molar-refractivity contribution in [1.29, 1.82) is 0 Å². The van der Waals surface area contributed by atoms with Crippen LogP contribution in [0.15, 0.2) is 42.5 Å². The fourth-order valence-corrected chi connectivity index (χ4v) is 3.14. The van der Waals surface area contributed by atoms with Gasteiger partial charge in [-0.15, -0.1) is 0 Å². The molecule has 0 N–H and O–H groups in total. The van der Waals surface area contributed by atoms with Crippen LogP contribution >= 0.6 is 11.6 Å². The Kier molecular flexibility index (Phi) is 5.23. The van der Waals surface area contributed by atoms with E-state index in [1.165, 1.54) is 31.4 Å². The van der Waals surface area contributed by atoms with Gasteiger partial charge < -0.3 is 8.92 Å². The van der Waals surface area contributed by atoms with E-state index in [4.69, 9.17) is 15.8 Å². The second-order valence-corrected chi connectivity index (χ2v) is 6.53. The van der Waals surface area contributed by atoms with Crippen molar-refractivity contribution in [2.45, 2.75) is 5.75 Å². The van der Waals surface area contributed by atoms with E-state index >= 15 is 0 Å². The molecule has 0 amide bonds. The van der Waals surface area contributed by atoms with Gasteiger partial charge in [0.1, 0.15) is 11.6 Å². The molecule has 122 valence electrons. The maximum atomic E-state index is 12.9. The monoisotopic (exact) mass is 358 g/mol. The molecule has 0 aliphatic heterocycles. The highest BCUT2D eigenvalue weighted by Crippen LogP contribution is 2.27. The first-order valence-corrected chi connectivity index (χ1v) is 8.31. The molecule has 0 aliphatic carbocycles. The van der Waals surface area contributed by atoms with Crippen molar-refractivity contribution in [2.75, 3.05) is 7.11 Å². The smallest absolute Gasteiger partial charge is 0.337 e. The van der Waals surface area contributed by atoms with E-state index in [-0.39, 0.29) is 16.3 Å². The molecule has 0 heterocycles. The lowest BCUT2D eigenvalue weighted by Crippen LogP contribution is -2.13. The van der Waals surface area contributed by atoms with Gasteiger partial charge in [0.25, 0.3) is 0 Å². The molecule has 0 saturated heterocycles. The van der Waals surface area contributed by atoms with Crippen molar-refractivity contribution in [3.63, 3.8) is 0 Å². The van der Waals surface area contributed by atoms with Crippen LogP contribution in [0.3, 0.4) is 0 Å². The zero-order valence-corrected chi connectivity index (χ0v) is 13.5. The Morgan fingerprint density at radius 1 is 1.22 bits per heavy atom. The molecular formula is C15H12ClFO5S. The second-order valence-electron chi connectivity index (χ2n) is 4.55. The minimum Gasteiger partial charge on any atom is -0.465 e. The lowest BCUT2D eigenvalue weighted by Gasteiger charge is -2.09. The molecule has 23 heavy (non-hydrogen) atoms. The summed E-state index contributed by atoms with van der Waals surface area (Å²) in [5.74, 6) is -1.83. The molecule has 0 fully saturated rings. The summed E-state index contributed by atoms with van der Waals surface area (Å²) >= 11 is 5.73. The molecule has 2 rings (SSSR count). The van der Waals surface area contributed by atoms with E-state index < -0.39 is 27.7 Å². The minimum atomic E-state index is -4.03. The predicted molar refractivity (Wildman–Crippen MR) is 82.4 cm³/mol. The van der Waals surface area contributed by atoms with Crippen LogP contribution in [-0.4, -0.2) is 21.5 Å². The van der Waals surface area contributed by atoms with E-state index in [2.05, 4.69) is 4.74 Å². The molecule has 0 aliphatic rings. The Hall–Kier alpha value is -2.12. The summed E-state index contributed by atoms with van der Waals surface area (Å²) in [6.07, 6.45) is 0. The van der Waals surface area contributed by atoms with Gasteiger partial charge in [-0.05, 0) is 35.9 Å². The number of ether oxygens (including phenoxy) is 1. The molecule has 2 aromatic rings. The lowest BCUT2D eigenvalue weighted by molar-refractivity contribution is 0.0600. The molecule has 0 atom stereocenters. The van der Waals surface area contributed by atoms with Crippen LogP contribution in [0, 0.1) is 5.82 Å². The number of esters is 1. The van der Waals surface area contributed by atoms with Crippen molar-refractivity contribution >= 4 is 27.7 Å². The lowest BCUT2D eigenvalue weighted by atomic mass is 10.1. The van der Waals surface area contributed by atoms with Crippen molar-refractivity contribution in [2.24, 2.45) is 0 Å². The third-order valence-electron chi connectivity index (χ3n) is 2.80. The van der Waals surface area contributed by atoms with E-state index in [0.29, 0.717) is 5.56 Å². The minimum absolute atomic E-state index is 0.156. The topological polar surface area (TPSA) is 69.7 Å². The van der Waals surface area contributed by atoms with Crippen LogP contribution in [0.5, 0.6) is 5.75 Å². The zero-order chi connectivity index (χ0) is 17.0. The molecule has 2 aromatic carbocycles. The predicted octanol–water partition coefficient (Wildman–Crippen LogP) is 3.17. The first-order chi connectivity index (χ1) is 10.8. The average molecular weight is 359 g/mol. The van der Waals surface area contributed by atoms with Gasteiger partial charge in [0.2, 0.25) is 0 Å². The van der Waals surface area contributed by atoms with Crippen molar-refractivity contribution < 1.29 is 26.5 Å². The molecule has 5 nitrogen and oxygen atoms in total. The summed E-state index contributed by atoms with van der Waals surface area (Å²) in [6.45, 7) is 0. The van der Waals surface area contributed by atoms with E-state index in [0.717, 1.165) is 18.2 Å². The molecule has 0 aromatic heterocycles. The maximum absolute atomic E-state index is 12.9. The van der Waals surface area contributed by atoms with Crippen LogP contribution in [0.4, 0.5) is 4.39 Å². The van der Waals surface area contributed by atoms with Gasteiger partial charge in [0.15, 0.2) is 5.75 Å². The first kappa shape index (κ1) is 17.2. The van der Waals surface area contributed by atoms with Crippen LogP contribution in [0.25, 0.3) is 0 Å². The normalized spacial score (nSPS) is 11.1. The summed E-state index contributed by atoms with van der Waals surface area (Å²) in [4.78, 5) is 11.4. The highest BCUT2D eigenvalue weighted by atomic mass is 35.5. The summed E-state index contributed by atoms with van der Waals surface area (Å²) in [5.41, 5.74) is 0.561. The second kappa shape index (κ2) is 6.97. The molecule has 0 unspecified atom stereocenters. The zero-order valence-electron chi connectivity index (χ0n) is 12.0. The maximum Gasteiger partial charge on any atom is 0.337 e. The molecule has 0 spiro atoms. The van der Waals surface area contributed by atoms with Gasteiger partial charge in [0, 0.05) is 0 Å². The first-order valence-electron chi connectivity index (χ1n) is 6.35. The number of methoxy groups -OCH3 is 1. The molecule has 0 radical (unpaired) electrons. The van der Waals surface area contributed by atoms with Crippen molar-refractivity contribution in [3.8, 4) is 5.75 Å². The average Bonchev–Trinajstić information content (AvgIpc) is 2.49. The molecule has 8 heteroatoms. The van der Waals surface area contributed by atoms with E-state index in [1.54, 1.807) is 0 Å². The van der Waals surface area contributed by atoms with Gasteiger partial charge in [-0.1, -0.05) is 23.7 Å². The van der Waals surface area contributed by atoms with Crippen LogP contribution in [0.1, 0.15) is 15.9 Å². The SMILES string of the molecule is COC(=O)c1cccc(CS(=O)(=O)Oc2ccc(F)cc2Cl)c1. The number of carbonyl (C=O) groups is 1. The molecular weight excluding hydrogens is 347 g/mol. The van der Waals surface area contributed by atoms with Crippen LogP contribution in [0.2, 0.25) is 5.02 Å². The third kappa shape index (κ3) is 4.67. The number of hydrogen-bond donors (Lipinski definition) is 0. The van der Waals surface area contributed by atoms with Crippen molar-refractivity contribution in [1.82, 2.24) is 0 Å². The Morgan fingerprint density at radius 2 is 1.96 bits per heavy atom. The Bertz CT molecular complexity index is 836. The third-order valence-corrected chi connectivity index (χ3v) is 4.22. The molecule has 0 saturated carbocycles. The van der Waals surface area contributed by atoms with Gasteiger partial charge >= 0.3 is 16.1 Å². The standard InChI is InChI=1S/C15H12ClFO5S/c1-21-15(18)11-4-2-3-10(7-11)9-23(19,20)22-14-6-5-12(17)8-13(14)16/h2-8H,9H2,1H3. The number of benzene rings is 2. The van der Waals surface area contributed by atoms with Gasteiger partial charge in [-0.2, -0.15) is 8.42 Å². The molecule has 0 bridgehead atoms. The van der Waals surface area contributed by atoms with E-state index in [9.17, 15) is 17.6 Å².